The lowest BCUT2D eigenvalue weighted by atomic mass is 10.1. The third kappa shape index (κ3) is 3.78. The summed E-state index contributed by atoms with van der Waals surface area (Å²) < 4.78 is 0. The van der Waals surface area contributed by atoms with E-state index in [0.29, 0.717) is 16.8 Å². The summed E-state index contributed by atoms with van der Waals surface area (Å²) >= 11 is 0. The van der Waals surface area contributed by atoms with Crippen LogP contribution in [0.5, 0.6) is 0 Å². The Bertz CT molecular complexity index is 725. The fraction of sp³-hybridized carbons (Fsp3) is 0.278. The molecule has 1 aliphatic heterocycles. The minimum absolute atomic E-state index is 0.00288. The van der Waals surface area contributed by atoms with Crippen LogP contribution in [0.25, 0.3) is 0 Å². The molecule has 2 aromatic rings. The number of hydrogen-bond acceptors (Lipinski definition) is 4. The number of rotatable bonds is 3. The van der Waals surface area contributed by atoms with Crippen LogP contribution in [0.1, 0.15) is 20.7 Å². The van der Waals surface area contributed by atoms with Gasteiger partial charge in [0.25, 0.3) is 11.8 Å². The van der Waals surface area contributed by atoms with Gasteiger partial charge in [-0.25, -0.2) is 0 Å². The average Bonchev–Trinajstić information content (AvgIpc) is 2.63. The molecule has 0 saturated carbocycles. The number of aromatic nitrogens is 1. The van der Waals surface area contributed by atoms with Crippen LogP contribution >= 0.6 is 0 Å². The molecule has 0 unspecified atom stereocenters. The first-order chi connectivity index (χ1) is 11.6. The van der Waals surface area contributed by atoms with Gasteiger partial charge >= 0.3 is 0 Å². The molecule has 0 spiro atoms. The average molecular weight is 324 g/mol. The van der Waals surface area contributed by atoms with Crippen LogP contribution in [0.3, 0.4) is 0 Å². The van der Waals surface area contributed by atoms with Crippen molar-refractivity contribution in [1.82, 2.24) is 14.8 Å². The standard InChI is InChI=1S/C18H20N4O2/c1-21-9-11-22(12-10-21)18(24)15-3-2-4-16(13-15)20-17(23)14-5-7-19-8-6-14/h2-8,13H,9-12H2,1H3,(H,20,23). The smallest absolute Gasteiger partial charge is 0.255 e. The van der Waals surface area contributed by atoms with Crippen molar-refractivity contribution >= 4 is 17.5 Å². The van der Waals surface area contributed by atoms with Crippen molar-refractivity contribution in [2.45, 2.75) is 0 Å². The molecular formula is C18H20N4O2. The lowest BCUT2D eigenvalue weighted by molar-refractivity contribution is 0.0664. The van der Waals surface area contributed by atoms with E-state index in [9.17, 15) is 9.59 Å². The number of anilines is 1. The van der Waals surface area contributed by atoms with E-state index in [-0.39, 0.29) is 11.8 Å². The molecule has 3 rings (SSSR count). The lowest BCUT2D eigenvalue weighted by Crippen LogP contribution is -2.47. The summed E-state index contributed by atoms with van der Waals surface area (Å²) in [5, 5.41) is 2.82. The van der Waals surface area contributed by atoms with Crippen molar-refractivity contribution in [3.63, 3.8) is 0 Å². The highest BCUT2D eigenvalue weighted by molar-refractivity contribution is 6.05. The maximum Gasteiger partial charge on any atom is 0.255 e. The Morgan fingerprint density at radius 3 is 2.42 bits per heavy atom. The molecule has 2 heterocycles. The normalized spacial score (nSPS) is 15.1. The van der Waals surface area contributed by atoms with Crippen LogP contribution in [0, 0.1) is 0 Å². The van der Waals surface area contributed by atoms with Gasteiger partial charge in [0.1, 0.15) is 0 Å². The second-order valence-corrected chi connectivity index (χ2v) is 5.87. The first kappa shape index (κ1) is 16.1. The van der Waals surface area contributed by atoms with Crippen LogP contribution in [0.2, 0.25) is 0 Å². The Balaban J connectivity index is 1.70. The van der Waals surface area contributed by atoms with E-state index < -0.39 is 0 Å². The van der Waals surface area contributed by atoms with Crippen molar-refractivity contribution in [1.29, 1.82) is 0 Å². The van der Waals surface area contributed by atoms with Crippen molar-refractivity contribution in [3.05, 3.63) is 59.9 Å². The second-order valence-electron chi connectivity index (χ2n) is 5.87. The van der Waals surface area contributed by atoms with Gasteiger partial charge in [-0.1, -0.05) is 6.07 Å². The molecular weight excluding hydrogens is 304 g/mol. The molecule has 0 bridgehead atoms. The summed E-state index contributed by atoms with van der Waals surface area (Å²) in [4.78, 5) is 32.7. The van der Waals surface area contributed by atoms with E-state index in [1.54, 1.807) is 48.8 Å². The quantitative estimate of drug-likeness (QED) is 0.934. The zero-order chi connectivity index (χ0) is 16.9. The maximum atomic E-state index is 12.6. The summed E-state index contributed by atoms with van der Waals surface area (Å²) in [5.74, 6) is -0.218. The van der Waals surface area contributed by atoms with Crippen LogP contribution in [-0.2, 0) is 0 Å². The molecule has 24 heavy (non-hydrogen) atoms. The van der Waals surface area contributed by atoms with Gasteiger partial charge in [-0.2, -0.15) is 0 Å². The molecule has 1 saturated heterocycles. The van der Waals surface area contributed by atoms with Crippen LogP contribution < -0.4 is 5.32 Å². The zero-order valence-corrected chi connectivity index (χ0v) is 13.6. The molecule has 0 atom stereocenters. The summed E-state index contributed by atoms with van der Waals surface area (Å²) in [6.45, 7) is 3.21. The first-order valence-electron chi connectivity index (χ1n) is 7.93. The molecule has 1 fully saturated rings. The Kier molecular flexibility index (Phi) is 4.86. The molecule has 1 N–H and O–H groups in total. The Hall–Kier alpha value is -2.73. The van der Waals surface area contributed by atoms with Crippen LogP contribution in [-0.4, -0.2) is 59.8 Å². The van der Waals surface area contributed by atoms with Gasteiger partial charge in [-0.15, -0.1) is 0 Å². The number of likely N-dealkylation sites (N-methyl/N-ethyl adjacent to an activating group) is 1. The van der Waals surface area contributed by atoms with Crippen LogP contribution in [0.15, 0.2) is 48.8 Å². The summed E-state index contributed by atoms with van der Waals surface area (Å²) in [5.41, 5.74) is 1.73. The molecule has 6 heteroatoms. The largest absolute Gasteiger partial charge is 0.336 e. The number of pyridine rings is 1. The van der Waals surface area contributed by atoms with Crippen molar-refractivity contribution in [2.24, 2.45) is 0 Å². The number of amides is 2. The summed E-state index contributed by atoms with van der Waals surface area (Å²) in [6, 6.07) is 10.4. The van der Waals surface area contributed by atoms with Gasteiger partial charge in [0.15, 0.2) is 0 Å². The Morgan fingerprint density at radius 2 is 1.71 bits per heavy atom. The number of piperazine rings is 1. The third-order valence-corrected chi connectivity index (χ3v) is 4.10. The van der Waals surface area contributed by atoms with E-state index in [1.807, 2.05) is 4.90 Å². The first-order valence-corrected chi connectivity index (χ1v) is 7.93. The van der Waals surface area contributed by atoms with Gasteiger partial charge in [0, 0.05) is 55.4 Å². The molecule has 1 aliphatic rings. The Morgan fingerprint density at radius 1 is 1.00 bits per heavy atom. The number of nitrogens with zero attached hydrogens (tertiary/aromatic N) is 3. The highest BCUT2D eigenvalue weighted by atomic mass is 16.2. The molecule has 2 amide bonds. The van der Waals surface area contributed by atoms with Gasteiger partial charge in [-0.3, -0.25) is 14.6 Å². The number of benzene rings is 1. The minimum Gasteiger partial charge on any atom is -0.336 e. The number of hydrogen-bond donors (Lipinski definition) is 1. The fourth-order valence-corrected chi connectivity index (χ4v) is 2.63. The van der Waals surface area contributed by atoms with E-state index >= 15 is 0 Å². The lowest BCUT2D eigenvalue weighted by Gasteiger charge is -2.32. The zero-order valence-electron chi connectivity index (χ0n) is 13.6. The number of carbonyl (C=O) groups is 2. The summed E-state index contributed by atoms with van der Waals surface area (Å²) in [7, 11) is 2.05. The highest BCUT2D eigenvalue weighted by Gasteiger charge is 2.20. The molecule has 6 nitrogen and oxygen atoms in total. The topological polar surface area (TPSA) is 65.5 Å². The maximum absolute atomic E-state index is 12.6. The molecule has 0 radical (unpaired) electrons. The number of carbonyl (C=O) groups excluding carboxylic acids is 2. The number of nitrogens with one attached hydrogen (secondary N) is 1. The SMILES string of the molecule is CN1CCN(C(=O)c2cccc(NC(=O)c3ccncc3)c2)CC1. The molecule has 1 aromatic carbocycles. The van der Waals surface area contributed by atoms with Crippen LogP contribution in [0.4, 0.5) is 5.69 Å². The van der Waals surface area contributed by atoms with E-state index in [1.165, 1.54) is 0 Å². The van der Waals surface area contributed by atoms with Gasteiger partial charge in [0.05, 0.1) is 0 Å². The van der Waals surface area contributed by atoms with E-state index in [2.05, 4.69) is 22.2 Å². The highest BCUT2D eigenvalue weighted by Crippen LogP contribution is 2.15. The van der Waals surface area contributed by atoms with Gasteiger partial charge in [-0.05, 0) is 37.4 Å². The molecule has 124 valence electrons. The van der Waals surface area contributed by atoms with Gasteiger partial charge < -0.3 is 15.1 Å². The minimum atomic E-state index is -0.221. The van der Waals surface area contributed by atoms with E-state index in [0.717, 1.165) is 26.2 Å². The third-order valence-electron chi connectivity index (χ3n) is 4.10. The van der Waals surface area contributed by atoms with Crippen molar-refractivity contribution < 1.29 is 9.59 Å². The fourth-order valence-electron chi connectivity index (χ4n) is 2.63. The van der Waals surface area contributed by atoms with Crippen molar-refractivity contribution in [2.75, 3.05) is 38.5 Å². The predicted molar refractivity (Wildman–Crippen MR) is 92.0 cm³/mol. The summed E-state index contributed by atoms with van der Waals surface area (Å²) in [6.07, 6.45) is 3.14. The van der Waals surface area contributed by atoms with Crippen molar-refractivity contribution in [3.8, 4) is 0 Å². The van der Waals surface area contributed by atoms with Gasteiger partial charge in [0.2, 0.25) is 0 Å². The van der Waals surface area contributed by atoms with E-state index in [4.69, 9.17) is 0 Å². The predicted octanol–water partition coefficient (Wildman–Crippen LogP) is 1.72. The monoisotopic (exact) mass is 324 g/mol. The molecule has 1 aromatic heterocycles. The molecule has 0 aliphatic carbocycles. The Labute approximate surface area is 141 Å². The second kappa shape index (κ2) is 7.23.